The van der Waals surface area contributed by atoms with E-state index in [0.29, 0.717) is 23.5 Å². The molecular formula is C25H27N9O. The van der Waals surface area contributed by atoms with Gasteiger partial charge in [-0.15, -0.1) is 0 Å². The summed E-state index contributed by atoms with van der Waals surface area (Å²) in [6.07, 6.45) is 7.52. The summed E-state index contributed by atoms with van der Waals surface area (Å²) in [7, 11) is 0. The summed E-state index contributed by atoms with van der Waals surface area (Å²) in [5.41, 5.74) is 10.5. The van der Waals surface area contributed by atoms with Crippen molar-refractivity contribution in [3.05, 3.63) is 64.3 Å². The van der Waals surface area contributed by atoms with Crippen molar-refractivity contribution in [3.63, 3.8) is 0 Å². The fourth-order valence-corrected chi connectivity index (χ4v) is 6.13. The Hall–Kier alpha value is -3.79. The number of aromatic amines is 1. The molecule has 35 heavy (non-hydrogen) atoms. The molecule has 0 unspecified atom stereocenters. The summed E-state index contributed by atoms with van der Waals surface area (Å²) >= 11 is 0. The van der Waals surface area contributed by atoms with Gasteiger partial charge in [-0.05, 0) is 48.8 Å². The normalized spacial score (nSPS) is 20.9. The molecule has 0 bridgehead atoms. The lowest BCUT2D eigenvalue weighted by Gasteiger charge is -2.42. The molecule has 2 aliphatic heterocycles. The van der Waals surface area contributed by atoms with Crippen LogP contribution >= 0.6 is 0 Å². The number of hydrogen-bond acceptors (Lipinski definition) is 8. The fourth-order valence-electron chi connectivity index (χ4n) is 6.13. The number of nitrogens with two attached hydrogens (primary N) is 1. The minimum absolute atomic E-state index is 0.00383. The van der Waals surface area contributed by atoms with Gasteiger partial charge in [-0.1, -0.05) is 12.1 Å². The molecule has 178 valence electrons. The van der Waals surface area contributed by atoms with Crippen LogP contribution in [-0.4, -0.2) is 49.4 Å². The summed E-state index contributed by atoms with van der Waals surface area (Å²) < 4.78 is 1.79. The maximum atomic E-state index is 12.3. The SMILES string of the molecule is N[C@@H]1c2cccnc2CC12CCN(c1cnc3c(N4CCCn5c4cccc5=O)n[nH]c3n1)CC2. The van der Waals surface area contributed by atoms with Crippen molar-refractivity contribution in [3.8, 4) is 0 Å². The molecule has 0 saturated carbocycles. The summed E-state index contributed by atoms with van der Waals surface area (Å²) in [5.74, 6) is 2.39. The molecule has 1 saturated heterocycles. The number of hydrogen-bond donors (Lipinski definition) is 2. The zero-order valence-electron chi connectivity index (χ0n) is 19.4. The zero-order valence-corrected chi connectivity index (χ0v) is 19.4. The van der Waals surface area contributed by atoms with Crippen LogP contribution in [0.25, 0.3) is 11.2 Å². The van der Waals surface area contributed by atoms with Crippen molar-refractivity contribution in [2.24, 2.45) is 11.1 Å². The van der Waals surface area contributed by atoms with Gasteiger partial charge in [0.1, 0.15) is 11.6 Å². The van der Waals surface area contributed by atoms with Crippen LogP contribution in [0.15, 0.2) is 47.5 Å². The predicted molar refractivity (Wildman–Crippen MR) is 133 cm³/mol. The number of rotatable bonds is 2. The van der Waals surface area contributed by atoms with Gasteiger partial charge in [0.05, 0.1) is 6.20 Å². The molecule has 3 N–H and O–H groups in total. The van der Waals surface area contributed by atoms with Crippen LogP contribution in [0.3, 0.4) is 0 Å². The molecule has 4 aromatic heterocycles. The van der Waals surface area contributed by atoms with Crippen molar-refractivity contribution in [2.75, 3.05) is 29.4 Å². The van der Waals surface area contributed by atoms with Crippen LogP contribution in [-0.2, 0) is 13.0 Å². The molecule has 6 heterocycles. The molecule has 1 aliphatic carbocycles. The zero-order chi connectivity index (χ0) is 23.6. The highest BCUT2D eigenvalue weighted by Gasteiger charge is 2.46. The highest BCUT2D eigenvalue weighted by molar-refractivity contribution is 5.86. The van der Waals surface area contributed by atoms with Crippen molar-refractivity contribution in [2.45, 2.75) is 38.3 Å². The second kappa shape index (κ2) is 7.61. The Bertz CT molecular complexity index is 1480. The number of anilines is 3. The van der Waals surface area contributed by atoms with Crippen LogP contribution in [0, 0.1) is 5.41 Å². The molecule has 3 aliphatic rings. The Balaban J connectivity index is 1.14. The van der Waals surface area contributed by atoms with E-state index in [4.69, 9.17) is 15.7 Å². The van der Waals surface area contributed by atoms with Gasteiger partial charge in [0.25, 0.3) is 5.56 Å². The standard InChI is InChI=1S/C25H27N9O/c26-22-16-4-2-9-27-17(16)14-25(22)7-12-32(13-8-25)18-15-28-21-23(29-18)30-31-24(21)34-11-3-10-33-19(34)5-1-6-20(33)35/h1-2,4-6,9,15,22H,3,7-8,10-14,26H2,(H,29,30,31)/t22-/m1/s1. The molecule has 1 atom stereocenters. The number of aromatic nitrogens is 6. The topological polar surface area (TPSA) is 122 Å². The van der Waals surface area contributed by atoms with Crippen LogP contribution in [0.4, 0.5) is 17.5 Å². The number of nitrogens with zero attached hydrogens (tertiary/aromatic N) is 7. The van der Waals surface area contributed by atoms with Crippen molar-refractivity contribution in [1.82, 2.24) is 29.7 Å². The van der Waals surface area contributed by atoms with Gasteiger partial charge in [0.15, 0.2) is 17.0 Å². The first-order chi connectivity index (χ1) is 17.1. The number of H-pyrrole nitrogens is 1. The number of nitrogens with one attached hydrogen (secondary N) is 1. The average molecular weight is 470 g/mol. The highest BCUT2D eigenvalue weighted by atomic mass is 16.1. The third kappa shape index (κ3) is 3.09. The van der Waals surface area contributed by atoms with E-state index in [1.807, 2.05) is 24.5 Å². The first-order valence-corrected chi connectivity index (χ1v) is 12.3. The van der Waals surface area contributed by atoms with E-state index < -0.39 is 0 Å². The maximum Gasteiger partial charge on any atom is 0.252 e. The molecule has 0 radical (unpaired) electrons. The van der Waals surface area contributed by atoms with E-state index in [-0.39, 0.29) is 17.0 Å². The van der Waals surface area contributed by atoms with Gasteiger partial charge in [-0.3, -0.25) is 19.4 Å². The second-order valence-electron chi connectivity index (χ2n) is 9.89. The minimum Gasteiger partial charge on any atom is -0.355 e. The lowest BCUT2D eigenvalue weighted by atomic mass is 9.73. The number of piperidine rings is 1. The average Bonchev–Trinajstić information content (AvgIpc) is 3.43. The van der Waals surface area contributed by atoms with E-state index in [2.05, 4.69) is 31.0 Å². The summed E-state index contributed by atoms with van der Waals surface area (Å²) in [6.45, 7) is 3.25. The van der Waals surface area contributed by atoms with Crippen molar-refractivity contribution < 1.29 is 0 Å². The fraction of sp³-hybridized carbons (Fsp3) is 0.400. The second-order valence-corrected chi connectivity index (χ2v) is 9.89. The Morgan fingerprint density at radius 1 is 1.06 bits per heavy atom. The van der Waals surface area contributed by atoms with E-state index in [1.165, 1.54) is 5.56 Å². The Kier molecular flexibility index (Phi) is 4.47. The smallest absolute Gasteiger partial charge is 0.252 e. The third-order valence-corrected chi connectivity index (χ3v) is 8.08. The van der Waals surface area contributed by atoms with Gasteiger partial charge < -0.3 is 15.5 Å². The Morgan fingerprint density at radius 3 is 2.80 bits per heavy atom. The largest absolute Gasteiger partial charge is 0.355 e. The number of fused-ring (bicyclic) bond motifs is 3. The molecule has 0 aromatic carbocycles. The summed E-state index contributed by atoms with van der Waals surface area (Å²) in [6, 6.07) is 9.49. The van der Waals surface area contributed by atoms with Crippen molar-refractivity contribution in [1.29, 1.82) is 0 Å². The van der Waals surface area contributed by atoms with E-state index in [9.17, 15) is 4.79 Å². The quantitative estimate of drug-likeness (QED) is 0.459. The van der Waals surface area contributed by atoms with Gasteiger partial charge in [-0.2, -0.15) is 5.10 Å². The molecule has 1 spiro atoms. The lowest BCUT2D eigenvalue weighted by molar-refractivity contribution is 0.186. The van der Waals surface area contributed by atoms with E-state index >= 15 is 0 Å². The van der Waals surface area contributed by atoms with Crippen LogP contribution in [0.1, 0.15) is 36.6 Å². The van der Waals surface area contributed by atoms with Crippen LogP contribution in [0.2, 0.25) is 0 Å². The molecule has 10 heteroatoms. The van der Waals surface area contributed by atoms with E-state index in [0.717, 1.165) is 62.6 Å². The third-order valence-electron chi connectivity index (χ3n) is 8.08. The molecule has 1 fully saturated rings. The van der Waals surface area contributed by atoms with Gasteiger partial charge in [0, 0.05) is 50.2 Å². The molecule has 4 aromatic rings. The summed E-state index contributed by atoms with van der Waals surface area (Å²) in [4.78, 5) is 30.9. The molecule has 7 rings (SSSR count). The first-order valence-electron chi connectivity index (χ1n) is 12.3. The monoisotopic (exact) mass is 469 g/mol. The first kappa shape index (κ1) is 20.6. The molecule has 0 amide bonds. The predicted octanol–water partition coefficient (Wildman–Crippen LogP) is 2.29. The van der Waals surface area contributed by atoms with E-state index in [1.54, 1.807) is 16.7 Å². The number of pyridine rings is 2. The van der Waals surface area contributed by atoms with Crippen molar-refractivity contribution >= 4 is 28.6 Å². The van der Waals surface area contributed by atoms with Gasteiger partial charge in [0.2, 0.25) is 0 Å². The lowest BCUT2D eigenvalue weighted by Crippen LogP contribution is -2.44. The maximum absolute atomic E-state index is 12.3. The Morgan fingerprint density at radius 2 is 1.94 bits per heavy atom. The summed E-state index contributed by atoms with van der Waals surface area (Å²) in [5, 5.41) is 7.61. The van der Waals surface area contributed by atoms with Gasteiger partial charge >= 0.3 is 0 Å². The molecule has 10 nitrogen and oxygen atoms in total. The Labute approximate surface area is 201 Å². The minimum atomic E-state index is 0.00383. The van der Waals surface area contributed by atoms with Crippen LogP contribution in [0.5, 0.6) is 0 Å². The van der Waals surface area contributed by atoms with Crippen LogP contribution < -0.4 is 21.1 Å². The molecular weight excluding hydrogens is 442 g/mol. The van der Waals surface area contributed by atoms with Gasteiger partial charge in [-0.25, -0.2) is 9.97 Å². The highest BCUT2D eigenvalue weighted by Crippen LogP contribution is 2.50.